The minimum absolute atomic E-state index is 0.0799. The fourth-order valence-corrected chi connectivity index (χ4v) is 6.90. The van der Waals surface area contributed by atoms with E-state index in [-0.39, 0.29) is 24.9 Å². The first kappa shape index (κ1) is 49.6. The third-order valence-corrected chi connectivity index (χ3v) is 10.3. The minimum Gasteiger partial charge on any atom is -0.462 e. The molecule has 0 bridgehead atoms. The highest BCUT2D eigenvalue weighted by Gasteiger charge is 2.24. The van der Waals surface area contributed by atoms with Gasteiger partial charge in [-0.05, 0) is 44.9 Å². The Hall–Kier alpha value is -1.40. The monoisotopic (exact) mass is 722 g/mol. The Labute approximate surface area is 317 Å². The van der Waals surface area contributed by atoms with E-state index < -0.39 is 18.2 Å². The van der Waals surface area contributed by atoms with Crippen LogP contribution in [-0.2, 0) is 14.3 Å². The second-order valence-corrected chi connectivity index (χ2v) is 15.5. The Balaban J connectivity index is 4.53. The van der Waals surface area contributed by atoms with Crippen LogP contribution in [0.4, 0.5) is 0 Å². The van der Waals surface area contributed by atoms with Gasteiger partial charge in [0, 0.05) is 6.42 Å². The Morgan fingerprint density at radius 2 is 0.980 bits per heavy atom. The Morgan fingerprint density at radius 1 is 0.549 bits per heavy atom. The molecule has 0 fully saturated rings. The predicted molar refractivity (Wildman–Crippen MR) is 218 cm³/mol. The van der Waals surface area contributed by atoms with Gasteiger partial charge in [0.05, 0.1) is 25.2 Å². The zero-order valence-corrected chi connectivity index (χ0v) is 34.3. The third kappa shape index (κ3) is 35.4. The van der Waals surface area contributed by atoms with Crippen molar-refractivity contribution in [1.82, 2.24) is 5.32 Å². The van der Waals surface area contributed by atoms with Crippen LogP contribution >= 0.6 is 0 Å². The van der Waals surface area contributed by atoms with Gasteiger partial charge in [-0.1, -0.05) is 193 Å². The summed E-state index contributed by atoms with van der Waals surface area (Å²) in [5.74, 6) is -0.478. The summed E-state index contributed by atoms with van der Waals surface area (Å²) in [4.78, 5) is 25.9. The van der Waals surface area contributed by atoms with Crippen LogP contribution < -0.4 is 5.32 Å². The van der Waals surface area contributed by atoms with Crippen LogP contribution in [0.3, 0.4) is 0 Å². The van der Waals surface area contributed by atoms with Crippen LogP contribution in [-0.4, -0.2) is 46.9 Å². The molecular weight excluding hydrogens is 634 g/mol. The number of carbonyl (C=O) groups is 2. The van der Waals surface area contributed by atoms with Gasteiger partial charge in [0.1, 0.15) is 6.10 Å². The summed E-state index contributed by atoms with van der Waals surface area (Å²) in [7, 11) is 0. The van der Waals surface area contributed by atoms with Gasteiger partial charge in [-0.2, -0.15) is 0 Å². The maximum absolute atomic E-state index is 13.1. The lowest BCUT2D eigenvalue weighted by Gasteiger charge is -2.24. The van der Waals surface area contributed by atoms with Crippen LogP contribution in [0.15, 0.2) is 12.2 Å². The summed E-state index contributed by atoms with van der Waals surface area (Å²) >= 11 is 0. The van der Waals surface area contributed by atoms with Crippen LogP contribution in [0, 0.1) is 0 Å². The number of ether oxygens (including phenoxy) is 1. The molecule has 0 radical (unpaired) electrons. The average Bonchev–Trinajstić information content (AvgIpc) is 3.12. The standard InChI is InChI=1S/C45H87NO5/c1-4-7-10-13-16-19-22-23-25-28-31-34-37-43(48)42(40-47)46-44(49)39-41(36-33-30-27-24-20-17-14-11-8-5-2)51-45(50)38-35-32-29-26-21-18-15-12-9-6-3/h12,15,41-43,47-48H,4-11,13-14,16-40H2,1-3H3,(H,46,49)/b15-12-. The summed E-state index contributed by atoms with van der Waals surface area (Å²) in [6.45, 7) is 6.40. The first-order valence-electron chi connectivity index (χ1n) is 22.4. The fraction of sp³-hybridized carbons (Fsp3) is 0.911. The molecule has 0 heterocycles. The summed E-state index contributed by atoms with van der Waals surface area (Å²) < 4.78 is 5.88. The summed E-state index contributed by atoms with van der Waals surface area (Å²) in [6.07, 6.45) is 41.3. The summed E-state index contributed by atoms with van der Waals surface area (Å²) in [5.41, 5.74) is 0. The number of hydrogen-bond donors (Lipinski definition) is 3. The van der Waals surface area contributed by atoms with E-state index >= 15 is 0 Å². The number of aliphatic hydroxyl groups is 2. The van der Waals surface area contributed by atoms with E-state index in [1.54, 1.807) is 0 Å². The van der Waals surface area contributed by atoms with Gasteiger partial charge >= 0.3 is 5.97 Å². The molecule has 6 nitrogen and oxygen atoms in total. The molecule has 0 spiro atoms. The van der Waals surface area contributed by atoms with E-state index in [1.807, 2.05) is 0 Å². The zero-order valence-electron chi connectivity index (χ0n) is 34.3. The van der Waals surface area contributed by atoms with Crippen LogP contribution in [0.2, 0.25) is 0 Å². The normalized spacial score (nSPS) is 13.4. The van der Waals surface area contributed by atoms with Crippen molar-refractivity contribution in [3.05, 3.63) is 12.2 Å². The van der Waals surface area contributed by atoms with Crippen LogP contribution in [0.1, 0.15) is 239 Å². The third-order valence-electron chi connectivity index (χ3n) is 10.3. The summed E-state index contributed by atoms with van der Waals surface area (Å²) in [6, 6.07) is -0.693. The molecule has 0 aliphatic rings. The number of allylic oxidation sites excluding steroid dienone is 2. The number of nitrogens with one attached hydrogen (secondary N) is 1. The van der Waals surface area contributed by atoms with Crippen molar-refractivity contribution >= 4 is 11.9 Å². The van der Waals surface area contributed by atoms with E-state index in [0.717, 1.165) is 57.8 Å². The summed E-state index contributed by atoms with van der Waals surface area (Å²) in [5, 5.41) is 23.6. The maximum Gasteiger partial charge on any atom is 0.306 e. The first-order valence-corrected chi connectivity index (χ1v) is 22.4. The first-order chi connectivity index (χ1) is 25.0. The highest BCUT2D eigenvalue weighted by Crippen LogP contribution is 2.18. The van der Waals surface area contributed by atoms with Crippen molar-refractivity contribution in [1.29, 1.82) is 0 Å². The number of hydrogen-bond acceptors (Lipinski definition) is 5. The minimum atomic E-state index is -0.780. The molecule has 0 aromatic carbocycles. The van der Waals surface area contributed by atoms with Crippen molar-refractivity contribution < 1.29 is 24.5 Å². The van der Waals surface area contributed by atoms with Gasteiger partial charge in [-0.15, -0.1) is 0 Å². The molecule has 0 saturated heterocycles. The van der Waals surface area contributed by atoms with E-state index in [0.29, 0.717) is 19.3 Å². The van der Waals surface area contributed by atoms with Gasteiger partial charge < -0.3 is 20.3 Å². The number of esters is 1. The highest BCUT2D eigenvalue weighted by atomic mass is 16.5. The Bertz CT molecular complexity index is 772. The molecule has 0 saturated carbocycles. The molecule has 0 aliphatic carbocycles. The number of rotatable bonds is 40. The van der Waals surface area contributed by atoms with Crippen molar-refractivity contribution in [3.63, 3.8) is 0 Å². The Kier molecular flexibility index (Phi) is 38.7. The van der Waals surface area contributed by atoms with E-state index in [1.165, 1.54) is 135 Å². The highest BCUT2D eigenvalue weighted by molar-refractivity contribution is 5.77. The van der Waals surface area contributed by atoms with Crippen LogP contribution in [0.25, 0.3) is 0 Å². The maximum atomic E-state index is 13.1. The van der Waals surface area contributed by atoms with Gasteiger partial charge in [-0.3, -0.25) is 9.59 Å². The lowest BCUT2D eigenvalue weighted by atomic mass is 10.0. The van der Waals surface area contributed by atoms with Crippen molar-refractivity contribution in [3.8, 4) is 0 Å². The molecule has 3 unspecified atom stereocenters. The predicted octanol–water partition coefficient (Wildman–Crippen LogP) is 12.6. The van der Waals surface area contributed by atoms with E-state index in [4.69, 9.17) is 4.74 Å². The second kappa shape index (κ2) is 39.8. The van der Waals surface area contributed by atoms with Gasteiger partial charge in [0.15, 0.2) is 0 Å². The van der Waals surface area contributed by atoms with Crippen molar-refractivity contribution in [2.45, 2.75) is 257 Å². The fourth-order valence-electron chi connectivity index (χ4n) is 6.90. The Morgan fingerprint density at radius 3 is 1.47 bits per heavy atom. The lowest BCUT2D eigenvalue weighted by molar-refractivity contribution is -0.151. The van der Waals surface area contributed by atoms with Crippen molar-refractivity contribution in [2.75, 3.05) is 6.61 Å². The quantitative estimate of drug-likeness (QED) is 0.0332. The molecule has 0 rings (SSSR count). The number of aliphatic hydroxyl groups excluding tert-OH is 2. The number of amides is 1. The zero-order chi connectivity index (χ0) is 37.5. The lowest BCUT2D eigenvalue weighted by Crippen LogP contribution is -2.46. The van der Waals surface area contributed by atoms with Crippen molar-refractivity contribution in [2.24, 2.45) is 0 Å². The van der Waals surface area contributed by atoms with Gasteiger partial charge in [0.25, 0.3) is 0 Å². The molecule has 0 aromatic heterocycles. The van der Waals surface area contributed by atoms with E-state index in [2.05, 4.69) is 38.2 Å². The molecule has 51 heavy (non-hydrogen) atoms. The second-order valence-electron chi connectivity index (χ2n) is 15.5. The molecule has 3 N–H and O–H groups in total. The molecule has 6 heteroatoms. The molecule has 302 valence electrons. The number of carbonyl (C=O) groups excluding carboxylic acids is 2. The van der Waals surface area contributed by atoms with Gasteiger partial charge in [0.2, 0.25) is 5.91 Å². The van der Waals surface area contributed by atoms with Crippen LogP contribution in [0.5, 0.6) is 0 Å². The number of unbranched alkanes of at least 4 members (excludes halogenated alkanes) is 26. The van der Waals surface area contributed by atoms with E-state index in [9.17, 15) is 19.8 Å². The topological polar surface area (TPSA) is 95.9 Å². The smallest absolute Gasteiger partial charge is 0.306 e. The molecule has 3 atom stereocenters. The van der Waals surface area contributed by atoms with Gasteiger partial charge in [-0.25, -0.2) is 0 Å². The molecule has 1 amide bonds. The molecule has 0 aliphatic heterocycles. The molecule has 0 aromatic rings. The SMILES string of the molecule is CCC/C=C\CCCCCCCC(=O)OC(CCCCCCCCCCCC)CC(=O)NC(CO)C(O)CCCCCCCCCCCCCC. The molecular formula is C45H87NO5. The largest absolute Gasteiger partial charge is 0.462 e. The average molecular weight is 722 g/mol.